The van der Waals surface area contributed by atoms with Crippen molar-refractivity contribution in [3.05, 3.63) is 30.0 Å². The molecule has 0 bridgehead atoms. The molecular formula is C20H27N5O3. The number of likely N-dealkylation sites (tertiary alicyclic amines) is 1. The number of carbonyl (C=O) groups is 2. The monoisotopic (exact) mass is 385 g/mol. The Labute approximate surface area is 164 Å². The van der Waals surface area contributed by atoms with Gasteiger partial charge in [-0.1, -0.05) is 18.2 Å². The summed E-state index contributed by atoms with van der Waals surface area (Å²) in [5.74, 6) is 0.711. The molecule has 1 fully saturated rings. The first kappa shape index (κ1) is 19.9. The zero-order valence-electron chi connectivity index (χ0n) is 16.6. The Bertz CT molecular complexity index is 877. The van der Waals surface area contributed by atoms with Crippen LogP contribution in [-0.2, 0) is 16.6 Å². The molecule has 1 aliphatic rings. The molecule has 2 heterocycles. The lowest BCUT2D eigenvalue weighted by Crippen LogP contribution is -2.44. The maximum Gasteiger partial charge on any atom is 0.231 e. The fraction of sp³-hybridized carbons (Fsp3) is 0.450. The summed E-state index contributed by atoms with van der Waals surface area (Å²) in [7, 11) is 3.43. The largest absolute Gasteiger partial charge is 0.496 e. The summed E-state index contributed by atoms with van der Waals surface area (Å²) in [6.07, 6.45) is 1.64. The standard InChI is InChI=1S/C20H27N5O3/c1-13-18(15-8-4-5-9-16(15)28-3)19(24(2)23-13)22-20(27)14-7-6-10-25(11-14)12-17(21)26/h4-5,8-9,14H,6-7,10-12H2,1-3H3,(H2,21,26)(H,22,27). The van der Waals surface area contributed by atoms with E-state index in [0.29, 0.717) is 12.4 Å². The Kier molecular flexibility index (Phi) is 5.99. The predicted molar refractivity (Wildman–Crippen MR) is 107 cm³/mol. The number of ether oxygens (including phenoxy) is 1. The molecule has 3 N–H and O–H groups in total. The highest BCUT2D eigenvalue weighted by atomic mass is 16.5. The van der Waals surface area contributed by atoms with Crippen molar-refractivity contribution >= 4 is 17.6 Å². The highest BCUT2D eigenvalue weighted by Crippen LogP contribution is 2.37. The highest BCUT2D eigenvalue weighted by molar-refractivity contribution is 5.97. The van der Waals surface area contributed by atoms with E-state index in [4.69, 9.17) is 10.5 Å². The van der Waals surface area contributed by atoms with Gasteiger partial charge in [0.2, 0.25) is 11.8 Å². The lowest BCUT2D eigenvalue weighted by Gasteiger charge is -2.31. The van der Waals surface area contributed by atoms with Crippen molar-refractivity contribution in [3.63, 3.8) is 0 Å². The molecular weight excluding hydrogens is 358 g/mol. The number of rotatable bonds is 6. The van der Waals surface area contributed by atoms with Crippen molar-refractivity contribution in [1.82, 2.24) is 14.7 Å². The maximum atomic E-state index is 13.0. The number of nitrogens with one attached hydrogen (secondary N) is 1. The highest BCUT2D eigenvalue weighted by Gasteiger charge is 2.28. The van der Waals surface area contributed by atoms with Crippen LogP contribution in [0.4, 0.5) is 5.82 Å². The van der Waals surface area contributed by atoms with Crippen LogP contribution in [0.25, 0.3) is 11.1 Å². The van der Waals surface area contributed by atoms with Crippen LogP contribution in [0.1, 0.15) is 18.5 Å². The van der Waals surface area contributed by atoms with Gasteiger partial charge in [-0.05, 0) is 32.4 Å². The zero-order valence-corrected chi connectivity index (χ0v) is 16.6. The lowest BCUT2D eigenvalue weighted by molar-refractivity contribution is -0.124. The Morgan fingerprint density at radius 1 is 1.36 bits per heavy atom. The van der Waals surface area contributed by atoms with Crippen LogP contribution in [0.15, 0.2) is 24.3 Å². The first-order valence-electron chi connectivity index (χ1n) is 9.39. The van der Waals surface area contributed by atoms with Gasteiger partial charge in [-0.3, -0.25) is 19.2 Å². The minimum Gasteiger partial charge on any atom is -0.496 e. The van der Waals surface area contributed by atoms with Gasteiger partial charge < -0.3 is 15.8 Å². The van der Waals surface area contributed by atoms with Crippen LogP contribution < -0.4 is 15.8 Å². The fourth-order valence-corrected chi connectivity index (χ4v) is 3.83. The number of amides is 2. The summed E-state index contributed by atoms with van der Waals surface area (Å²) in [5, 5.41) is 7.55. The fourth-order valence-electron chi connectivity index (χ4n) is 3.83. The van der Waals surface area contributed by atoms with Gasteiger partial charge in [0.15, 0.2) is 0 Å². The third-order valence-electron chi connectivity index (χ3n) is 5.10. The van der Waals surface area contributed by atoms with Crippen LogP contribution in [0.3, 0.4) is 0 Å². The van der Waals surface area contributed by atoms with Gasteiger partial charge in [0, 0.05) is 19.2 Å². The number of hydrogen-bond acceptors (Lipinski definition) is 5. The molecule has 8 heteroatoms. The second kappa shape index (κ2) is 8.43. The molecule has 1 aromatic carbocycles. The molecule has 3 rings (SSSR count). The molecule has 1 unspecified atom stereocenters. The molecule has 0 spiro atoms. The number of aryl methyl sites for hydroxylation is 2. The molecule has 0 aliphatic carbocycles. The Morgan fingerprint density at radius 3 is 2.82 bits per heavy atom. The quantitative estimate of drug-likeness (QED) is 0.785. The first-order valence-corrected chi connectivity index (χ1v) is 9.39. The van der Waals surface area contributed by atoms with Crippen molar-refractivity contribution in [1.29, 1.82) is 0 Å². The van der Waals surface area contributed by atoms with Crippen LogP contribution >= 0.6 is 0 Å². The van der Waals surface area contributed by atoms with E-state index in [2.05, 4.69) is 10.4 Å². The van der Waals surface area contributed by atoms with Gasteiger partial charge in [-0.25, -0.2) is 0 Å². The third kappa shape index (κ3) is 4.17. The van der Waals surface area contributed by atoms with Gasteiger partial charge in [0.05, 0.1) is 30.8 Å². The summed E-state index contributed by atoms with van der Waals surface area (Å²) in [6, 6.07) is 7.67. The number of nitrogens with zero attached hydrogens (tertiary/aromatic N) is 3. The number of piperidine rings is 1. The number of methoxy groups -OCH3 is 1. The van der Waals surface area contributed by atoms with Crippen LogP contribution in [0.2, 0.25) is 0 Å². The van der Waals surface area contributed by atoms with E-state index in [1.807, 2.05) is 43.1 Å². The molecule has 2 amide bonds. The van der Waals surface area contributed by atoms with E-state index >= 15 is 0 Å². The molecule has 0 radical (unpaired) electrons. The van der Waals surface area contributed by atoms with Crippen molar-refractivity contribution < 1.29 is 14.3 Å². The smallest absolute Gasteiger partial charge is 0.231 e. The van der Waals surface area contributed by atoms with Crippen LogP contribution in [0, 0.1) is 12.8 Å². The van der Waals surface area contributed by atoms with E-state index in [9.17, 15) is 9.59 Å². The minimum atomic E-state index is -0.373. The summed E-state index contributed by atoms with van der Waals surface area (Å²) in [6.45, 7) is 3.40. The second-order valence-corrected chi connectivity index (χ2v) is 7.16. The SMILES string of the molecule is COc1ccccc1-c1c(C)nn(C)c1NC(=O)C1CCCN(CC(N)=O)C1. The number of carbonyl (C=O) groups excluding carboxylic acids is 2. The number of para-hydroxylation sites is 1. The van der Waals surface area contributed by atoms with Gasteiger partial charge in [0.1, 0.15) is 11.6 Å². The van der Waals surface area contributed by atoms with E-state index in [1.54, 1.807) is 11.8 Å². The normalized spacial score (nSPS) is 17.3. The molecule has 1 saturated heterocycles. The summed E-state index contributed by atoms with van der Waals surface area (Å²) >= 11 is 0. The summed E-state index contributed by atoms with van der Waals surface area (Å²) in [4.78, 5) is 26.1. The Balaban J connectivity index is 1.85. The molecule has 150 valence electrons. The summed E-state index contributed by atoms with van der Waals surface area (Å²) < 4.78 is 7.17. The molecule has 8 nitrogen and oxygen atoms in total. The maximum absolute atomic E-state index is 13.0. The minimum absolute atomic E-state index is 0.0756. The van der Waals surface area contributed by atoms with Gasteiger partial charge in [-0.15, -0.1) is 0 Å². The van der Waals surface area contributed by atoms with E-state index in [-0.39, 0.29) is 24.3 Å². The van der Waals surface area contributed by atoms with Crippen molar-refractivity contribution in [3.8, 4) is 16.9 Å². The number of hydrogen-bond donors (Lipinski definition) is 2. The van der Waals surface area contributed by atoms with Gasteiger partial charge in [-0.2, -0.15) is 5.10 Å². The van der Waals surface area contributed by atoms with E-state index in [0.717, 1.165) is 42.0 Å². The third-order valence-corrected chi connectivity index (χ3v) is 5.10. The van der Waals surface area contributed by atoms with Gasteiger partial charge >= 0.3 is 0 Å². The molecule has 28 heavy (non-hydrogen) atoms. The molecule has 1 atom stereocenters. The molecule has 1 aromatic heterocycles. The van der Waals surface area contributed by atoms with Crippen molar-refractivity contribution in [2.75, 3.05) is 32.1 Å². The van der Waals surface area contributed by atoms with Crippen molar-refractivity contribution in [2.45, 2.75) is 19.8 Å². The molecule has 2 aromatic rings. The summed E-state index contributed by atoms with van der Waals surface area (Å²) in [5.41, 5.74) is 7.83. The van der Waals surface area contributed by atoms with Gasteiger partial charge in [0.25, 0.3) is 0 Å². The average Bonchev–Trinajstić information content (AvgIpc) is 2.94. The van der Waals surface area contributed by atoms with E-state index in [1.165, 1.54) is 0 Å². The Hall–Kier alpha value is -2.87. The number of benzene rings is 1. The molecule has 1 aliphatic heterocycles. The molecule has 0 saturated carbocycles. The van der Waals surface area contributed by atoms with Crippen molar-refractivity contribution in [2.24, 2.45) is 18.7 Å². The topological polar surface area (TPSA) is 102 Å². The average molecular weight is 385 g/mol. The zero-order chi connectivity index (χ0) is 20.3. The van der Waals surface area contributed by atoms with Crippen LogP contribution in [-0.4, -0.2) is 53.2 Å². The predicted octanol–water partition coefficient (Wildman–Crippen LogP) is 1.54. The number of primary amides is 1. The second-order valence-electron chi connectivity index (χ2n) is 7.16. The first-order chi connectivity index (χ1) is 13.4. The number of aromatic nitrogens is 2. The Morgan fingerprint density at radius 2 is 2.11 bits per heavy atom. The van der Waals surface area contributed by atoms with E-state index < -0.39 is 0 Å². The van der Waals surface area contributed by atoms with Crippen LogP contribution in [0.5, 0.6) is 5.75 Å². The number of nitrogens with two attached hydrogens (primary N) is 1. The lowest BCUT2D eigenvalue weighted by atomic mass is 9.96. The number of anilines is 1.